The fourth-order valence-electron chi connectivity index (χ4n) is 1.88. The Labute approximate surface area is 102 Å². The zero-order valence-electron chi connectivity index (χ0n) is 9.27. The molecule has 1 heterocycles. The van der Waals surface area contributed by atoms with Crippen LogP contribution in [0.15, 0.2) is 30.3 Å². The Kier molecular flexibility index (Phi) is 4.49. The molecule has 1 aromatic rings. The van der Waals surface area contributed by atoms with E-state index in [0.717, 1.165) is 31.8 Å². The Morgan fingerprint density at radius 2 is 2.12 bits per heavy atom. The monoisotopic (exact) mass is 240 g/mol. The molecule has 1 fully saturated rings. The number of alkyl halides is 1. The van der Waals surface area contributed by atoms with E-state index in [0.29, 0.717) is 12.5 Å². The number of ether oxygens (including phenoxy) is 2. The highest BCUT2D eigenvalue weighted by atomic mass is 35.5. The molecule has 0 amide bonds. The molecule has 2 rings (SSSR count). The molecule has 0 saturated carbocycles. The lowest BCUT2D eigenvalue weighted by atomic mass is 9.98. The molecule has 88 valence electrons. The number of hydrogen-bond acceptors (Lipinski definition) is 2. The second kappa shape index (κ2) is 6.12. The summed E-state index contributed by atoms with van der Waals surface area (Å²) >= 11 is 6.23. The van der Waals surface area contributed by atoms with Crippen molar-refractivity contribution in [2.24, 2.45) is 5.92 Å². The topological polar surface area (TPSA) is 18.5 Å². The minimum Gasteiger partial charge on any atom is -0.494 e. The van der Waals surface area contributed by atoms with Crippen molar-refractivity contribution in [2.45, 2.75) is 18.2 Å². The van der Waals surface area contributed by atoms with E-state index >= 15 is 0 Å². The summed E-state index contributed by atoms with van der Waals surface area (Å²) in [5.74, 6) is 1.35. The third-order valence-electron chi connectivity index (χ3n) is 2.88. The first-order valence-corrected chi connectivity index (χ1v) is 6.19. The number of benzene rings is 1. The molecule has 0 bridgehead atoms. The highest BCUT2D eigenvalue weighted by Gasteiger charge is 2.23. The van der Waals surface area contributed by atoms with Crippen molar-refractivity contribution in [3.05, 3.63) is 30.3 Å². The molecule has 1 aromatic carbocycles. The van der Waals surface area contributed by atoms with Crippen LogP contribution in [0.5, 0.6) is 5.75 Å². The van der Waals surface area contributed by atoms with Crippen molar-refractivity contribution in [3.8, 4) is 5.75 Å². The van der Waals surface area contributed by atoms with Gasteiger partial charge in [-0.05, 0) is 25.0 Å². The lowest BCUT2D eigenvalue weighted by Gasteiger charge is -2.27. The smallest absolute Gasteiger partial charge is 0.119 e. The van der Waals surface area contributed by atoms with Gasteiger partial charge in [0.15, 0.2) is 0 Å². The van der Waals surface area contributed by atoms with Crippen LogP contribution < -0.4 is 4.74 Å². The fourth-order valence-corrected chi connectivity index (χ4v) is 2.17. The van der Waals surface area contributed by atoms with Crippen LogP contribution in [0.1, 0.15) is 12.8 Å². The van der Waals surface area contributed by atoms with Crippen LogP contribution in [0.4, 0.5) is 0 Å². The molecular formula is C13H17ClO2. The quantitative estimate of drug-likeness (QED) is 0.753. The number of para-hydroxylation sites is 1. The van der Waals surface area contributed by atoms with Gasteiger partial charge in [-0.1, -0.05) is 18.2 Å². The second-order valence-corrected chi connectivity index (χ2v) is 4.65. The van der Waals surface area contributed by atoms with Gasteiger partial charge in [-0.15, -0.1) is 11.6 Å². The largest absolute Gasteiger partial charge is 0.494 e. The van der Waals surface area contributed by atoms with Crippen LogP contribution in [0.25, 0.3) is 0 Å². The molecule has 1 saturated heterocycles. The molecule has 3 heteroatoms. The summed E-state index contributed by atoms with van der Waals surface area (Å²) in [5.41, 5.74) is 0. The van der Waals surface area contributed by atoms with E-state index in [1.54, 1.807) is 0 Å². The Bertz CT molecular complexity index is 302. The molecule has 0 aliphatic carbocycles. The van der Waals surface area contributed by atoms with E-state index in [2.05, 4.69) is 0 Å². The van der Waals surface area contributed by atoms with Gasteiger partial charge < -0.3 is 9.47 Å². The molecule has 0 N–H and O–H groups in total. The fraction of sp³-hybridized carbons (Fsp3) is 0.538. The Hall–Kier alpha value is -0.730. The van der Waals surface area contributed by atoms with Gasteiger partial charge in [-0.25, -0.2) is 0 Å². The van der Waals surface area contributed by atoms with Crippen molar-refractivity contribution >= 4 is 11.6 Å². The van der Waals surface area contributed by atoms with Gasteiger partial charge in [0.05, 0.1) is 13.2 Å². The predicted molar refractivity (Wildman–Crippen MR) is 65.1 cm³/mol. The van der Waals surface area contributed by atoms with Crippen molar-refractivity contribution in [1.29, 1.82) is 0 Å². The van der Waals surface area contributed by atoms with Crippen LogP contribution in [0.2, 0.25) is 0 Å². The molecule has 2 atom stereocenters. The average Bonchev–Trinajstić information content (AvgIpc) is 2.33. The molecule has 0 aromatic heterocycles. The summed E-state index contributed by atoms with van der Waals surface area (Å²) in [6.45, 7) is 2.28. The zero-order valence-corrected chi connectivity index (χ0v) is 10.0. The van der Waals surface area contributed by atoms with Crippen LogP contribution in [-0.4, -0.2) is 25.2 Å². The van der Waals surface area contributed by atoms with Crippen LogP contribution in [0.3, 0.4) is 0 Å². The third-order valence-corrected chi connectivity index (χ3v) is 3.46. The van der Waals surface area contributed by atoms with E-state index in [-0.39, 0.29) is 5.38 Å². The first kappa shape index (κ1) is 11.7. The second-order valence-electron chi connectivity index (χ2n) is 4.09. The van der Waals surface area contributed by atoms with E-state index in [4.69, 9.17) is 21.1 Å². The highest BCUT2D eigenvalue weighted by Crippen LogP contribution is 2.23. The van der Waals surface area contributed by atoms with Crippen LogP contribution in [0, 0.1) is 5.92 Å². The summed E-state index contributed by atoms with van der Waals surface area (Å²) < 4.78 is 11.1. The van der Waals surface area contributed by atoms with Crippen molar-refractivity contribution < 1.29 is 9.47 Å². The van der Waals surface area contributed by atoms with Gasteiger partial charge in [0, 0.05) is 17.9 Å². The van der Waals surface area contributed by atoms with Crippen molar-refractivity contribution in [2.75, 3.05) is 19.8 Å². The predicted octanol–water partition coefficient (Wildman–Crippen LogP) is 3.10. The Balaban J connectivity index is 1.71. The Morgan fingerprint density at radius 1 is 1.31 bits per heavy atom. The van der Waals surface area contributed by atoms with Crippen LogP contribution >= 0.6 is 11.6 Å². The minimum atomic E-state index is 0.244. The normalized spacial score (nSPS) is 25.3. The molecule has 1 aliphatic heterocycles. The van der Waals surface area contributed by atoms with Gasteiger partial charge in [-0.3, -0.25) is 0 Å². The SMILES string of the molecule is ClC1CCOCC1CCOc1ccccc1. The molecule has 2 nitrogen and oxygen atoms in total. The zero-order chi connectivity index (χ0) is 11.2. The first-order valence-electron chi connectivity index (χ1n) is 5.76. The van der Waals surface area contributed by atoms with E-state index in [1.807, 2.05) is 30.3 Å². The molecule has 2 unspecified atom stereocenters. The van der Waals surface area contributed by atoms with Gasteiger partial charge in [-0.2, -0.15) is 0 Å². The van der Waals surface area contributed by atoms with E-state index in [9.17, 15) is 0 Å². The highest BCUT2D eigenvalue weighted by molar-refractivity contribution is 6.20. The van der Waals surface area contributed by atoms with E-state index < -0.39 is 0 Å². The molecule has 16 heavy (non-hydrogen) atoms. The number of halogens is 1. The first-order chi connectivity index (χ1) is 7.86. The number of rotatable bonds is 4. The summed E-state index contributed by atoms with van der Waals surface area (Å²) in [6.07, 6.45) is 1.92. The molecular weight excluding hydrogens is 224 g/mol. The van der Waals surface area contributed by atoms with Crippen molar-refractivity contribution in [3.63, 3.8) is 0 Å². The van der Waals surface area contributed by atoms with Gasteiger partial charge >= 0.3 is 0 Å². The van der Waals surface area contributed by atoms with Crippen molar-refractivity contribution in [1.82, 2.24) is 0 Å². The summed E-state index contributed by atoms with van der Waals surface area (Å²) in [6, 6.07) is 9.87. The van der Waals surface area contributed by atoms with Gasteiger partial charge in [0.25, 0.3) is 0 Å². The third kappa shape index (κ3) is 3.39. The maximum absolute atomic E-state index is 6.23. The average molecular weight is 241 g/mol. The summed E-state index contributed by atoms with van der Waals surface area (Å²) in [5, 5.41) is 0.244. The summed E-state index contributed by atoms with van der Waals surface area (Å²) in [4.78, 5) is 0. The molecule has 1 aliphatic rings. The maximum atomic E-state index is 6.23. The maximum Gasteiger partial charge on any atom is 0.119 e. The minimum absolute atomic E-state index is 0.244. The summed E-state index contributed by atoms with van der Waals surface area (Å²) in [7, 11) is 0. The van der Waals surface area contributed by atoms with E-state index in [1.165, 1.54) is 0 Å². The molecule has 0 spiro atoms. The Morgan fingerprint density at radius 3 is 2.88 bits per heavy atom. The number of hydrogen-bond donors (Lipinski definition) is 0. The lowest BCUT2D eigenvalue weighted by molar-refractivity contribution is 0.0490. The molecule has 0 radical (unpaired) electrons. The van der Waals surface area contributed by atoms with Gasteiger partial charge in [0.1, 0.15) is 5.75 Å². The standard InChI is InChI=1S/C13H17ClO2/c14-13-7-8-15-10-11(13)6-9-16-12-4-2-1-3-5-12/h1-5,11,13H,6-10H2. The lowest BCUT2D eigenvalue weighted by Crippen LogP contribution is -2.29. The van der Waals surface area contributed by atoms with Crippen LogP contribution in [-0.2, 0) is 4.74 Å². The van der Waals surface area contributed by atoms with Gasteiger partial charge in [0.2, 0.25) is 0 Å².